The molecule has 0 saturated heterocycles. The van der Waals surface area contributed by atoms with Gasteiger partial charge in [-0.2, -0.15) is 0 Å². The predicted octanol–water partition coefficient (Wildman–Crippen LogP) is 2.78. The second kappa shape index (κ2) is 5.97. The third-order valence-corrected chi connectivity index (χ3v) is 3.57. The number of phenolic OH excluding ortho intramolecular Hbond substituents is 2. The van der Waals surface area contributed by atoms with Crippen molar-refractivity contribution in [2.75, 3.05) is 6.61 Å². The third-order valence-electron chi connectivity index (χ3n) is 3.57. The third kappa shape index (κ3) is 2.70. The fourth-order valence-corrected chi connectivity index (χ4v) is 2.49. The van der Waals surface area contributed by atoms with Crippen LogP contribution in [0.2, 0.25) is 0 Å². The van der Waals surface area contributed by atoms with Crippen molar-refractivity contribution >= 4 is 5.97 Å². The van der Waals surface area contributed by atoms with Gasteiger partial charge in [0.2, 0.25) is 0 Å². The van der Waals surface area contributed by atoms with E-state index in [1.807, 2.05) is 30.3 Å². The number of rotatable bonds is 3. The van der Waals surface area contributed by atoms with E-state index in [2.05, 4.69) is 0 Å². The lowest BCUT2D eigenvalue weighted by Gasteiger charge is -2.21. The molecule has 0 fully saturated rings. The first-order valence-electron chi connectivity index (χ1n) is 7.08. The van der Waals surface area contributed by atoms with E-state index in [0.717, 1.165) is 18.1 Å². The van der Waals surface area contributed by atoms with Crippen molar-refractivity contribution in [3.8, 4) is 17.2 Å². The standard InChI is InChI=1S/C17H16O5/c18-13-9-14(19)15(16-12(13)7-4-8-21-16)17(20)22-10-11-5-2-1-3-6-11/h1-3,5-6,9,18-19H,4,7-8,10H2. The summed E-state index contributed by atoms with van der Waals surface area (Å²) in [5.41, 5.74) is 1.36. The summed E-state index contributed by atoms with van der Waals surface area (Å²) < 4.78 is 10.7. The van der Waals surface area contributed by atoms with Gasteiger partial charge in [0.15, 0.2) is 0 Å². The summed E-state index contributed by atoms with van der Waals surface area (Å²) in [6.07, 6.45) is 1.35. The molecule has 1 heterocycles. The normalized spacial score (nSPS) is 13.1. The topological polar surface area (TPSA) is 76.0 Å². The van der Waals surface area contributed by atoms with E-state index in [-0.39, 0.29) is 29.4 Å². The minimum absolute atomic E-state index is 0.0246. The quantitative estimate of drug-likeness (QED) is 0.852. The van der Waals surface area contributed by atoms with Crippen LogP contribution in [0.25, 0.3) is 0 Å². The van der Waals surface area contributed by atoms with Gasteiger partial charge in [-0.05, 0) is 18.4 Å². The summed E-state index contributed by atoms with van der Waals surface area (Å²) in [7, 11) is 0. The average Bonchev–Trinajstić information content (AvgIpc) is 2.54. The van der Waals surface area contributed by atoms with Crippen LogP contribution in [0.1, 0.15) is 27.9 Å². The molecule has 0 unspecified atom stereocenters. The summed E-state index contributed by atoms with van der Waals surface area (Å²) in [6, 6.07) is 10.4. The number of ether oxygens (including phenoxy) is 2. The van der Waals surface area contributed by atoms with E-state index in [0.29, 0.717) is 18.6 Å². The van der Waals surface area contributed by atoms with Gasteiger partial charge in [0.1, 0.15) is 29.4 Å². The van der Waals surface area contributed by atoms with Gasteiger partial charge in [-0.15, -0.1) is 0 Å². The highest BCUT2D eigenvalue weighted by Gasteiger charge is 2.27. The van der Waals surface area contributed by atoms with Crippen molar-refractivity contribution in [2.24, 2.45) is 0 Å². The Bertz CT molecular complexity index is 694. The molecule has 0 spiro atoms. The van der Waals surface area contributed by atoms with Crippen molar-refractivity contribution in [1.82, 2.24) is 0 Å². The average molecular weight is 300 g/mol. The van der Waals surface area contributed by atoms with Crippen LogP contribution < -0.4 is 4.74 Å². The van der Waals surface area contributed by atoms with Crippen LogP contribution in [-0.2, 0) is 17.8 Å². The minimum atomic E-state index is -0.667. The van der Waals surface area contributed by atoms with Gasteiger partial charge in [-0.1, -0.05) is 30.3 Å². The molecule has 0 aliphatic carbocycles. The number of phenols is 2. The Labute approximate surface area is 127 Å². The van der Waals surface area contributed by atoms with Gasteiger partial charge in [0, 0.05) is 11.6 Å². The molecule has 22 heavy (non-hydrogen) atoms. The number of carbonyl (C=O) groups is 1. The number of aromatic hydroxyl groups is 2. The van der Waals surface area contributed by atoms with Crippen LogP contribution in [0.4, 0.5) is 0 Å². The highest BCUT2D eigenvalue weighted by atomic mass is 16.5. The Kier molecular flexibility index (Phi) is 3.87. The van der Waals surface area contributed by atoms with E-state index in [9.17, 15) is 15.0 Å². The Morgan fingerprint density at radius 2 is 1.95 bits per heavy atom. The monoisotopic (exact) mass is 300 g/mol. The molecule has 2 N–H and O–H groups in total. The molecule has 0 radical (unpaired) electrons. The van der Waals surface area contributed by atoms with Crippen molar-refractivity contribution in [3.05, 3.63) is 53.1 Å². The molecule has 1 aliphatic rings. The summed E-state index contributed by atoms with van der Waals surface area (Å²) in [4.78, 5) is 12.3. The molecule has 0 atom stereocenters. The van der Waals surface area contributed by atoms with Crippen LogP contribution >= 0.6 is 0 Å². The van der Waals surface area contributed by atoms with Crippen molar-refractivity contribution in [3.63, 3.8) is 0 Å². The maximum absolute atomic E-state index is 12.3. The Hall–Kier alpha value is -2.69. The van der Waals surface area contributed by atoms with Crippen LogP contribution in [0.3, 0.4) is 0 Å². The molecular weight excluding hydrogens is 284 g/mol. The van der Waals surface area contributed by atoms with Gasteiger partial charge < -0.3 is 19.7 Å². The van der Waals surface area contributed by atoms with Crippen molar-refractivity contribution < 1.29 is 24.5 Å². The molecule has 5 nitrogen and oxygen atoms in total. The van der Waals surface area contributed by atoms with Gasteiger partial charge >= 0.3 is 5.97 Å². The van der Waals surface area contributed by atoms with Crippen LogP contribution in [0, 0.1) is 0 Å². The number of fused-ring (bicyclic) bond motifs is 1. The lowest BCUT2D eigenvalue weighted by molar-refractivity contribution is 0.0463. The van der Waals surface area contributed by atoms with Gasteiger partial charge in [0.25, 0.3) is 0 Å². The lowest BCUT2D eigenvalue weighted by atomic mass is 10.00. The predicted molar refractivity (Wildman–Crippen MR) is 79.1 cm³/mol. The molecule has 0 saturated carbocycles. The van der Waals surface area contributed by atoms with Crippen molar-refractivity contribution in [2.45, 2.75) is 19.4 Å². The molecule has 1 aliphatic heterocycles. The Balaban J connectivity index is 1.86. The van der Waals surface area contributed by atoms with E-state index in [1.165, 1.54) is 0 Å². The molecule has 3 rings (SSSR count). The molecule has 0 aromatic heterocycles. The van der Waals surface area contributed by atoms with Crippen LogP contribution in [-0.4, -0.2) is 22.8 Å². The first-order chi connectivity index (χ1) is 10.7. The maximum atomic E-state index is 12.3. The second-order valence-electron chi connectivity index (χ2n) is 5.11. The Morgan fingerprint density at radius 1 is 1.18 bits per heavy atom. The SMILES string of the molecule is O=C(OCc1ccccc1)c1c(O)cc(O)c2c1OCCC2. The molecule has 2 aromatic rings. The van der Waals surface area contributed by atoms with Crippen LogP contribution in [0.15, 0.2) is 36.4 Å². The summed E-state index contributed by atoms with van der Waals surface area (Å²) in [5.74, 6) is -0.843. The summed E-state index contributed by atoms with van der Waals surface area (Å²) in [5, 5.41) is 19.8. The van der Waals surface area contributed by atoms with Crippen molar-refractivity contribution in [1.29, 1.82) is 0 Å². The van der Waals surface area contributed by atoms with E-state index in [4.69, 9.17) is 9.47 Å². The number of esters is 1. The molecule has 0 bridgehead atoms. The fraction of sp³-hybridized carbons (Fsp3) is 0.235. The highest BCUT2D eigenvalue weighted by molar-refractivity contribution is 5.96. The first-order valence-corrected chi connectivity index (χ1v) is 7.08. The molecule has 114 valence electrons. The number of benzene rings is 2. The van der Waals surface area contributed by atoms with E-state index in [1.54, 1.807) is 0 Å². The van der Waals surface area contributed by atoms with Gasteiger partial charge in [0.05, 0.1) is 6.61 Å². The van der Waals surface area contributed by atoms with Gasteiger partial charge in [-0.25, -0.2) is 4.79 Å². The molecule has 2 aromatic carbocycles. The molecule has 5 heteroatoms. The largest absolute Gasteiger partial charge is 0.507 e. The smallest absolute Gasteiger partial charge is 0.346 e. The second-order valence-corrected chi connectivity index (χ2v) is 5.11. The van der Waals surface area contributed by atoms with Crippen LogP contribution in [0.5, 0.6) is 17.2 Å². The minimum Gasteiger partial charge on any atom is -0.507 e. The highest BCUT2D eigenvalue weighted by Crippen LogP contribution is 2.41. The zero-order chi connectivity index (χ0) is 15.5. The first kappa shape index (κ1) is 14.3. The number of hydrogen-bond donors (Lipinski definition) is 2. The van der Waals surface area contributed by atoms with Gasteiger partial charge in [-0.3, -0.25) is 0 Å². The zero-order valence-corrected chi connectivity index (χ0v) is 11.9. The van der Waals surface area contributed by atoms with E-state index >= 15 is 0 Å². The molecule has 0 amide bonds. The summed E-state index contributed by atoms with van der Waals surface area (Å²) >= 11 is 0. The summed E-state index contributed by atoms with van der Waals surface area (Å²) in [6.45, 7) is 0.545. The number of carbonyl (C=O) groups excluding carboxylic acids is 1. The lowest BCUT2D eigenvalue weighted by Crippen LogP contribution is -2.15. The van der Waals surface area contributed by atoms with E-state index < -0.39 is 5.97 Å². The molecular formula is C17H16O5. The zero-order valence-electron chi connectivity index (χ0n) is 11.9. The fourth-order valence-electron chi connectivity index (χ4n) is 2.49. The maximum Gasteiger partial charge on any atom is 0.346 e. The number of hydrogen-bond acceptors (Lipinski definition) is 5. The Morgan fingerprint density at radius 3 is 2.73 bits per heavy atom.